The summed E-state index contributed by atoms with van der Waals surface area (Å²) < 4.78 is 0. The van der Waals surface area contributed by atoms with Crippen molar-refractivity contribution in [1.29, 1.82) is 10.5 Å². The summed E-state index contributed by atoms with van der Waals surface area (Å²) >= 11 is 0. The van der Waals surface area contributed by atoms with E-state index in [-0.39, 0.29) is 106 Å². The van der Waals surface area contributed by atoms with Crippen LogP contribution in [-0.4, -0.2) is 56.9 Å². The van der Waals surface area contributed by atoms with E-state index in [0.29, 0.717) is 0 Å². The maximum Gasteiger partial charge on any atom is 2.00 e. The molecule has 19 heteroatoms. The molecule has 20 aromatic rings. The van der Waals surface area contributed by atoms with Gasteiger partial charge in [-0.05, 0) is 144 Å². The van der Waals surface area contributed by atoms with Crippen LogP contribution in [0.1, 0.15) is 25.1 Å². The van der Waals surface area contributed by atoms with Gasteiger partial charge in [-0.1, -0.05) is 183 Å². The Labute approximate surface area is 861 Å². The van der Waals surface area contributed by atoms with Gasteiger partial charge in [-0.15, -0.1) is 185 Å². The molecule has 0 aliphatic carbocycles. The van der Waals surface area contributed by atoms with E-state index in [4.69, 9.17) is 33.6 Å². The molecule has 10 aromatic heterocycles. The summed E-state index contributed by atoms with van der Waals surface area (Å²) in [5, 5.41) is 16.8. The Kier molecular flexibility index (Phi) is 45.4. The topological polar surface area (TPSA) is 180 Å². The van der Waals surface area contributed by atoms with Crippen molar-refractivity contribution in [2.24, 2.45) is 0 Å². The molecular formula is C116H86CuN13PPdPt3+. The summed E-state index contributed by atoms with van der Waals surface area (Å²) in [4.78, 5) is 46.8. The van der Waals surface area contributed by atoms with E-state index in [9.17, 15) is 0 Å². The molecule has 0 saturated heterocycles. The first-order chi connectivity index (χ1) is 64.2. The fourth-order valence-electron chi connectivity index (χ4n) is 13.6. The number of anilines is 2. The zero-order valence-electron chi connectivity index (χ0n) is 73.3. The predicted octanol–water partition coefficient (Wildman–Crippen LogP) is 25.1. The summed E-state index contributed by atoms with van der Waals surface area (Å²) in [6.45, 7) is 13.9. The molecule has 0 amide bonds. The number of benzene rings is 10. The summed E-state index contributed by atoms with van der Waals surface area (Å²) in [6, 6.07) is 163. The molecule has 13 nitrogen and oxygen atoms in total. The molecule has 135 heavy (non-hydrogen) atoms. The normalized spacial score (nSPS) is 9.90. The molecule has 0 N–H and O–H groups in total. The van der Waals surface area contributed by atoms with Crippen LogP contribution >= 0.6 is 7.92 Å². The van der Waals surface area contributed by atoms with E-state index < -0.39 is 7.92 Å². The number of rotatable bonds is 17. The third-order valence-electron chi connectivity index (χ3n) is 20.1. The molecule has 20 rings (SSSR count). The van der Waals surface area contributed by atoms with Crippen LogP contribution in [0.25, 0.3) is 113 Å². The first kappa shape index (κ1) is 107. The Bertz CT molecular complexity index is 6090. The smallest absolute Gasteiger partial charge is 0.512 e. The van der Waals surface area contributed by atoms with Gasteiger partial charge in [0.2, 0.25) is 0 Å². The van der Waals surface area contributed by atoms with Crippen molar-refractivity contribution in [3.63, 3.8) is 0 Å². The monoisotopic (exact) mass is 2450 g/mol. The average molecular weight is 2450 g/mol. The molecule has 0 atom stereocenters. The Morgan fingerprint density at radius 2 is 0.533 bits per heavy atom. The molecule has 0 unspecified atom stereocenters. The second-order valence-electron chi connectivity index (χ2n) is 29.1. The summed E-state index contributed by atoms with van der Waals surface area (Å²) in [6.07, 6.45) is 12.5. The summed E-state index contributed by atoms with van der Waals surface area (Å²) in [5.41, 5.74) is 21.7. The zero-order valence-corrected chi connectivity index (χ0v) is 83.6. The van der Waals surface area contributed by atoms with E-state index in [0.717, 1.165) is 135 Å². The molecule has 0 bridgehead atoms. The third-order valence-corrected chi connectivity index (χ3v) is 22.9. The minimum atomic E-state index is -0.877. The van der Waals surface area contributed by atoms with Crippen molar-refractivity contribution >= 4 is 35.3 Å². The molecule has 0 aliphatic heterocycles. The van der Waals surface area contributed by atoms with Crippen LogP contribution < -0.4 is 20.8 Å². The first-order valence-electron chi connectivity index (χ1n) is 41.7. The van der Waals surface area contributed by atoms with E-state index in [2.05, 4.69) is 211 Å². The van der Waals surface area contributed by atoms with Crippen molar-refractivity contribution in [2.75, 3.05) is 11.9 Å². The molecule has 10 heterocycles. The molecule has 0 fully saturated rings. The summed E-state index contributed by atoms with van der Waals surface area (Å²) in [7, 11) is 1.12. The van der Waals surface area contributed by atoms with Gasteiger partial charge in [0.15, 0.2) is 0 Å². The minimum absolute atomic E-state index is 0. The molecule has 0 radical (unpaired) electrons. The summed E-state index contributed by atoms with van der Waals surface area (Å²) in [5.74, 6) is 0.856. The van der Waals surface area contributed by atoms with Crippen molar-refractivity contribution < 1.29 is 101 Å². The number of hydrogen-bond donors (Lipinski definition) is 0. The number of pyridine rings is 10. The van der Waals surface area contributed by atoms with Gasteiger partial charge in [-0.25, -0.2) is 10.5 Å². The molecule has 10 aromatic carbocycles. The Morgan fingerprint density at radius 3 is 0.911 bits per heavy atom. The fraction of sp³-hybridized carbons (Fsp3) is 0.0345. The van der Waals surface area contributed by atoms with E-state index in [1.54, 1.807) is 37.2 Å². The minimum Gasteiger partial charge on any atom is -0.512 e. The van der Waals surface area contributed by atoms with E-state index >= 15 is 0 Å². The van der Waals surface area contributed by atoms with Gasteiger partial charge < -0.3 is 43.5 Å². The molecular weight excluding hydrogens is 2360 g/mol. The number of aromatic nitrogens is 10. The average Bonchev–Trinajstić information content (AvgIpc) is 0.790. The maximum atomic E-state index is 6.25. The van der Waals surface area contributed by atoms with E-state index in [1.807, 2.05) is 321 Å². The van der Waals surface area contributed by atoms with Crippen LogP contribution in [0.4, 0.5) is 11.5 Å². The largest absolute Gasteiger partial charge is 2.00 e. The van der Waals surface area contributed by atoms with Crippen LogP contribution in [0, 0.1) is 66.1 Å². The van der Waals surface area contributed by atoms with Crippen molar-refractivity contribution in [3.8, 4) is 113 Å². The quantitative estimate of drug-likeness (QED) is 0.0478. The van der Waals surface area contributed by atoms with Crippen molar-refractivity contribution in [1.82, 2.24) is 49.8 Å². The van der Waals surface area contributed by atoms with Gasteiger partial charge in [0.05, 0.1) is 30.7 Å². The molecule has 0 saturated carbocycles. The first-order valence-corrected chi connectivity index (χ1v) is 43.2. The van der Waals surface area contributed by atoms with Crippen LogP contribution in [0.3, 0.4) is 0 Å². The van der Waals surface area contributed by atoms with Gasteiger partial charge >= 0.3 is 101 Å². The fourth-order valence-corrected chi connectivity index (χ4v) is 16.2. The Balaban J connectivity index is 0.000000198. The van der Waals surface area contributed by atoms with Gasteiger partial charge in [0, 0.05) is 78.6 Å². The van der Waals surface area contributed by atoms with Crippen LogP contribution in [-0.2, 0) is 106 Å². The van der Waals surface area contributed by atoms with Gasteiger partial charge in [0.1, 0.15) is 21.7 Å². The van der Waals surface area contributed by atoms with Crippen LogP contribution in [0.15, 0.2) is 462 Å². The SMILES string of the molecule is CC(C)(c1[c-]c(-c2ccccn2)ccc1)c1cccc(-c2[c-]cccc2)n1.CN(c1[c-]c(-c2ccccn2)ccc1)c1cccc(-c2[c-]cccc2)n1.[C-]#N.[C-]#N.[Cu+].[Pd+2].[Pt+2].[Pt+2].[Pt+2].[c-]1c(-c2ccccn2)cccc1-c1ccccn1.[c-]1ccccc1-c1[c-]c(-c2ccccn2)ccc1.c1ccc(-c2cccc(-c3ccccn3)n2)nc1.c1ccc([PH+](c2ccccc2)c2ccccc2)cc1. The second-order valence-corrected chi connectivity index (χ2v) is 31.6. The standard InChI is InChI=1S/C25H20N2.C23H17N3.C18H15P.C17H11N.C16H11N2.C15H11N3.2CN.Cu.Pd.3Pt/c1-25(2,21-13-8-12-20(18-21)22-14-6-7-17-26-22)24-16-9-15-23(27-24)19-10-4-3-5-11-19;1-26(20-12-7-11-19(17-20)21-13-5-6-16-24-21)23-15-8-14-22(25-23)18-9-3-2-4-10-18;1-4-10-16(11-5-1)19(17-12-6-2-7-13-17)18-14-8-3-9-15-18;1-2-7-14(8-3-1)15-9-6-10-16(13-15)17-11-4-5-12-18-17;1-3-10-17-15(8-1)13-6-5-7-14(12-13)16-9-2-4-11-18-16;1-3-10-16-12(6-1)14-8-5-9-15(18-14)13-7-2-4-11-17-13;2*1-2;;;;;/h3-10,12-17H,1-2H3;2-9,11-16H,1H3;1-15H;1-7,9-12H;2*1-11H;;;;;;;/q2*-2;;-2;-1;;2*-1;+1;4*+2/p+1. The Morgan fingerprint density at radius 1 is 0.252 bits per heavy atom. The predicted molar refractivity (Wildman–Crippen MR) is 526 cm³/mol. The second kappa shape index (κ2) is 57.6. The number of nitrogens with zero attached hydrogens (tertiary/aromatic N) is 13. The molecule has 670 valence electrons. The maximum absolute atomic E-state index is 6.25. The van der Waals surface area contributed by atoms with Crippen molar-refractivity contribution in [2.45, 2.75) is 19.3 Å². The molecule has 0 spiro atoms. The third kappa shape index (κ3) is 31.1. The van der Waals surface area contributed by atoms with E-state index in [1.165, 1.54) is 15.9 Å². The molecule has 0 aliphatic rings. The zero-order chi connectivity index (χ0) is 90.0. The van der Waals surface area contributed by atoms with Gasteiger partial charge in [0.25, 0.3) is 0 Å². The Hall–Kier alpha value is -13.8. The van der Waals surface area contributed by atoms with Gasteiger partial charge in [-0.3, -0.25) is 29.9 Å². The van der Waals surface area contributed by atoms with Gasteiger partial charge in [-0.2, -0.15) is 42.0 Å². The van der Waals surface area contributed by atoms with Crippen molar-refractivity contribution in [3.05, 3.63) is 529 Å². The number of hydrogen-bond acceptors (Lipinski definition) is 13. The van der Waals surface area contributed by atoms with Crippen LogP contribution in [0.5, 0.6) is 0 Å². The van der Waals surface area contributed by atoms with Crippen LogP contribution in [0.2, 0.25) is 0 Å².